The average Bonchev–Trinajstić information content (AvgIpc) is 3.10. The monoisotopic (exact) mass is 389 g/mol. The molecule has 29 heavy (non-hydrogen) atoms. The standard InChI is InChI=1S/C24H23NO4/c1-17-23(29-24(26)25-17)20-12-13-21(27-15-18-8-4-2-5-9-18)22(14-20)28-16-19-10-6-3-7-11-19/h2-14,17,23H,15-16H2,1H3,(H,25,26)/t17-,23+/m0/s1. The SMILES string of the molecule is C[C@@H]1NC(=O)O[C@H]1c1ccc(OCc2ccccc2)c(OCc2ccccc2)c1. The number of benzene rings is 3. The van der Waals surface area contributed by atoms with Crippen LogP contribution in [0.4, 0.5) is 4.79 Å². The molecule has 148 valence electrons. The zero-order valence-corrected chi connectivity index (χ0v) is 16.2. The fourth-order valence-electron chi connectivity index (χ4n) is 3.27. The molecule has 3 aromatic carbocycles. The van der Waals surface area contributed by atoms with Crippen LogP contribution >= 0.6 is 0 Å². The Morgan fingerprint density at radius 2 is 1.41 bits per heavy atom. The lowest BCUT2D eigenvalue weighted by molar-refractivity contribution is 0.133. The van der Waals surface area contributed by atoms with E-state index in [1.807, 2.05) is 85.8 Å². The van der Waals surface area contributed by atoms with E-state index < -0.39 is 6.09 Å². The van der Waals surface area contributed by atoms with Crippen molar-refractivity contribution in [3.63, 3.8) is 0 Å². The first-order valence-electron chi connectivity index (χ1n) is 9.63. The van der Waals surface area contributed by atoms with Gasteiger partial charge in [0.1, 0.15) is 19.3 Å². The van der Waals surface area contributed by atoms with Gasteiger partial charge in [-0.2, -0.15) is 0 Å². The molecule has 2 atom stereocenters. The summed E-state index contributed by atoms with van der Waals surface area (Å²) >= 11 is 0. The summed E-state index contributed by atoms with van der Waals surface area (Å²) in [6, 6.07) is 25.5. The van der Waals surface area contributed by atoms with Crippen molar-refractivity contribution >= 4 is 6.09 Å². The number of cyclic esters (lactones) is 1. The Balaban J connectivity index is 1.56. The van der Waals surface area contributed by atoms with Gasteiger partial charge in [0, 0.05) is 0 Å². The van der Waals surface area contributed by atoms with E-state index in [4.69, 9.17) is 14.2 Å². The first-order chi connectivity index (χ1) is 14.2. The molecule has 1 saturated heterocycles. The highest BCUT2D eigenvalue weighted by Gasteiger charge is 2.32. The van der Waals surface area contributed by atoms with Crippen molar-refractivity contribution in [3.05, 3.63) is 95.6 Å². The predicted octanol–water partition coefficient (Wildman–Crippen LogP) is 5.01. The second kappa shape index (κ2) is 8.69. The van der Waals surface area contributed by atoms with Crippen LogP contribution in [0.1, 0.15) is 29.7 Å². The second-order valence-electron chi connectivity index (χ2n) is 7.01. The van der Waals surface area contributed by atoms with Gasteiger partial charge in [0.25, 0.3) is 0 Å². The zero-order chi connectivity index (χ0) is 20.1. The van der Waals surface area contributed by atoms with Crippen molar-refractivity contribution < 1.29 is 19.0 Å². The molecule has 1 amide bonds. The average molecular weight is 389 g/mol. The third-order valence-electron chi connectivity index (χ3n) is 4.80. The third-order valence-corrected chi connectivity index (χ3v) is 4.80. The van der Waals surface area contributed by atoms with Gasteiger partial charge in [-0.3, -0.25) is 0 Å². The molecular weight excluding hydrogens is 366 g/mol. The van der Waals surface area contributed by atoms with Crippen LogP contribution in [-0.4, -0.2) is 12.1 Å². The third kappa shape index (κ3) is 4.69. The molecule has 0 aliphatic carbocycles. The van der Waals surface area contributed by atoms with E-state index >= 15 is 0 Å². The zero-order valence-electron chi connectivity index (χ0n) is 16.2. The van der Waals surface area contributed by atoms with Crippen molar-refractivity contribution in [1.82, 2.24) is 5.32 Å². The van der Waals surface area contributed by atoms with Gasteiger partial charge in [-0.1, -0.05) is 66.7 Å². The van der Waals surface area contributed by atoms with E-state index in [1.54, 1.807) is 0 Å². The van der Waals surface area contributed by atoms with Crippen molar-refractivity contribution in [1.29, 1.82) is 0 Å². The molecule has 1 aliphatic rings. The van der Waals surface area contributed by atoms with Gasteiger partial charge in [0.15, 0.2) is 11.5 Å². The molecule has 1 heterocycles. The lowest BCUT2D eigenvalue weighted by Gasteiger charge is -2.18. The predicted molar refractivity (Wildman–Crippen MR) is 110 cm³/mol. The molecule has 5 nitrogen and oxygen atoms in total. The summed E-state index contributed by atoms with van der Waals surface area (Å²) in [6.07, 6.45) is -0.761. The quantitative estimate of drug-likeness (QED) is 0.617. The number of ether oxygens (including phenoxy) is 3. The Hall–Kier alpha value is -3.47. The maximum atomic E-state index is 11.6. The molecule has 0 spiro atoms. The fourth-order valence-corrected chi connectivity index (χ4v) is 3.27. The maximum absolute atomic E-state index is 11.6. The Labute approximate surface area is 170 Å². The maximum Gasteiger partial charge on any atom is 0.408 e. The molecule has 5 heteroatoms. The Kier molecular flexibility index (Phi) is 5.66. The second-order valence-corrected chi connectivity index (χ2v) is 7.01. The fraction of sp³-hybridized carbons (Fsp3) is 0.208. The topological polar surface area (TPSA) is 56.8 Å². The summed E-state index contributed by atoms with van der Waals surface area (Å²) in [5.41, 5.74) is 3.01. The molecule has 0 unspecified atom stereocenters. The minimum atomic E-state index is -0.404. The molecule has 1 fully saturated rings. The van der Waals surface area contributed by atoms with Crippen LogP contribution in [0.25, 0.3) is 0 Å². The van der Waals surface area contributed by atoms with Gasteiger partial charge >= 0.3 is 6.09 Å². The molecule has 3 aromatic rings. The Morgan fingerprint density at radius 1 is 0.828 bits per heavy atom. The van der Waals surface area contributed by atoms with Crippen molar-refractivity contribution in [2.24, 2.45) is 0 Å². The number of nitrogens with one attached hydrogen (secondary N) is 1. The van der Waals surface area contributed by atoms with Gasteiger partial charge < -0.3 is 19.5 Å². The van der Waals surface area contributed by atoms with E-state index in [0.29, 0.717) is 24.7 Å². The Morgan fingerprint density at radius 3 is 1.97 bits per heavy atom. The van der Waals surface area contributed by atoms with Crippen LogP contribution in [0.15, 0.2) is 78.9 Å². The molecule has 0 aromatic heterocycles. The van der Waals surface area contributed by atoms with Gasteiger partial charge in [0.05, 0.1) is 6.04 Å². The van der Waals surface area contributed by atoms with E-state index in [2.05, 4.69) is 5.32 Å². The summed E-state index contributed by atoms with van der Waals surface area (Å²) in [4.78, 5) is 11.6. The van der Waals surface area contributed by atoms with Gasteiger partial charge in [0.2, 0.25) is 0 Å². The number of alkyl carbamates (subject to hydrolysis) is 1. The molecule has 0 radical (unpaired) electrons. The van der Waals surface area contributed by atoms with Crippen LogP contribution < -0.4 is 14.8 Å². The lowest BCUT2D eigenvalue weighted by atomic mass is 10.0. The summed E-state index contributed by atoms with van der Waals surface area (Å²) in [5, 5.41) is 2.77. The van der Waals surface area contributed by atoms with Gasteiger partial charge in [-0.05, 0) is 35.7 Å². The van der Waals surface area contributed by atoms with E-state index in [1.165, 1.54) is 0 Å². The highest BCUT2D eigenvalue weighted by molar-refractivity contribution is 5.70. The normalized spacial score (nSPS) is 18.0. The van der Waals surface area contributed by atoms with Gasteiger partial charge in [-0.25, -0.2) is 4.79 Å². The smallest absolute Gasteiger partial charge is 0.408 e. The molecule has 4 rings (SSSR count). The van der Waals surface area contributed by atoms with E-state index in [9.17, 15) is 4.79 Å². The largest absolute Gasteiger partial charge is 0.485 e. The van der Waals surface area contributed by atoms with Crippen LogP contribution in [0.2, 0.25) is 0 Å². The van der Waals surface area contributed by atoms with Crippen LogP contribution in [0.5, 0.6) is 11.5 Å². The van der Waals surface area contributed by atoms with Crippen molar-refractivity contribution in [3.8, 4) is 11.5 Å². The van der Waals surface area contributed by atoms with E-state index in [0.717, 1.165) is 16.7 Å². The minimum absolute atomic E-state index is 0.111. The summed E-state index contributed by atoms with van der Waals surface area (Å²) in [7, 11) is 0. The van der Waals surface area contributed by atoms with E-state index in [-0.39, 0.29) is 12.1 Å². The lowest BCUT2D eigenvalue weighted by Crippen LogP contribution is -2.23. The van der Waals surface area contributed by atoms with Crippen molar-refractivity contribution in [2.45, 2.75) is 32.3 Å². The number of hydrogen-bond acceptors (Lipinski definition) is 4. The number of carbonyl (C=O) groups excluding carboxylic acids is 1. The first-order valence-corrected chi connectivity index (χ1v) is 9.63. The summed E-state index contributed by atoms with van der Waals surface area (Å²) < 4.78 is 17.5. The first kappa shape index (κ1) is 18.9. The molecule has 1 N–H and O–H groups in total. The highest BCUT2D eigenvalue weighted by atomic mass is 16.6. The number of carbonyl (C=O) groups is 1. The molecule has 0 saturated carbocycles. The van der Waals surface area contributed by atoms with Crippen molar-refractivity contribution in [2.75, 3.05) is 0 Å². The molecular formula is C24H23NO4. The van der Waals surface area contributed by atoms with Crippen LogP contribution in [0.3, 0.4) is 0 Å². The summed E-state index contributed by atoms with van der Waals surface area (Å²) in [5.74, 6) is 1.27. The van der Waals surface area contributed by atoms with Gasteiger partial charge in [-0.15, -0.1) is 0 Å². The molecule has 0 bridgehead atoms. The number of amides is 1. The molecule has 1 aliphatic heterocycles. The van der Waals surface area contributed by atoms with Crippen LogP contribution in [0, 0.1) is 0 Å². The van der Waals surface area contributed by atoms with Crippen LogP contribution in [-0.2, 0) is 18.0 Å². The number of hydrogen-bond donors (Lipinski definition) is 1. The minimum Gasteiger partial charge on any atom is -0.485 e. The Bertz CT molecular complexity index is 959. The highest BCUT2D eigenvalue weighted by Crippen LogP contribution is 2.35. The number of rotatable bonds is 7. The summed E-state index contributed by atoms with van der Waals surface area (Å²) in [6.45, 7) is 2.78.